The molecule has 33 heavy (non-hydrogen) atoms. The summed E-state index contributed by atoms with van der Waals surface area (Å²) in [5.41, 5.74) is 6.63. The van der Waals surface area contributed by atoms with E-state index in [0.29, 0.717) is 10.8 Å². The normalized spacial score (nSPS) is 11.3. The number of carbonyl (C=O) groups is 1. The van der Waals surface area contributed by atoms with Gasteiger partial charge in [0.1, 0.15) is 5.76 Å². The lowest BCUT2D eigenvalue weighted by atomic mass is 10.2. The summed E-state index contributed by atoms with van der Waals surface area (Å²) in [5.74, 6) is 0.355. The number of nitrogens with zero attached hydrogens (tertiary/aromatic N) is 2. The fourth-order valence-electron chi connectivity index (χ4n) is 3.73. The first-order chi connectivity index (χ1) is 16.2. The molecule has 5 aromatic rings. The van der Waals surface area contributed by atoms with Crippen molar-refractivity contribution in [3.05, 3.63) is 119 Å². The molecule has 5 nitrogen and oxygen atoms in total. The van der Waals surface area contributed by atoms with Crippen molar-refractivity contribution in [2.24, 2.45) is 5.10 Å². The summed E-state index contributed by atoms with van der Waals surface area (Å²) in [6.07, 6.45) is 3.70. The molecular weight excluding hydrogens is 434 g/mol. The lowest BCUT2D eigenvalue weighted by Crippen LogP contribution is -2.16. The molecule has 0 aliphatic rings. The zero-order chi connectivity index (χ0) is 22.6. The minimum Gasteiger partial charge on any atom is -0.451 e. The number of hydrogen-bond donors (Lipinski definition) is 1. The van der Waals surface area contributed by atoms with E-state index >= 15 is 0 Å². The predicted molar refractivity (Wildman–Crippen MR) is 132 cm³/mol. The van der Waals surface area contributed by atoms with Crippen molar-refractivity contribution in [2.75, 3.05) is 0 Å². The summed E-state index contributed by atoms with van der Waals surface area (Å²) in [5, 5.41) is 5.87. The van der Waals surface area contributed by atoms with Crippen molar-refractivity contribution in [3.63, 3.8) is 0 Å². The molecule has 0 unspecified atom stereocenters. The second kappa shape index (κ2) is 9.18. The molecule has 0 radical (unpaired) electrons. The number of hydrazone groups is 1. The van der Waals surface area contributed by atoms with Crippen molar-refractivity contribution in [1.29, 1.82) is 0 Å². The number of fused-ring (bicyclic) bond motifs is 1. The highest BCUT2D eigenvalue weighted by molar-refractivity contribution is 6.30. The van der Waals surface area contributed by atoms with Crippen LogP contribution in [0.15, 0.2) is 107 Å². The molecular formula is C27H20ClN3O2. The Bertz CT molecular complexity index is 1430. The number of benzene rings is 3. The number of halogens is 1. The lowest BCUT2D eigenvalue weighted by Gasteiger charge is -2.05. The fourth-order valence-corrected chi connectivity index (χ4v) is 3.86. The standard InChI is InChI=1S/C27H20ClN3O2/c28-22-12-10-20(11-13-22)25-14-15-26(33-25)27(32)30-29-16-21-18-31(17-19-6-2-1-3-7-19)24-9-5-4-8-23(21)24/h1-16,18H,17H2,(H,30,32)/b29-16-. The van der Waals surface area contributed by atoms with Gasteiger partial charge in [-0.3, -0.25) is 4.79 Å². The number of para-hydroxylation sites is 1. The topological polar surface area (TPSA) is 59.5 Å². The van der Waals surface area contributed by atoms with Gasteiger partial charge in [0.15, 0.2) is 5.76 Å². The SMILES string of the molecule is O=C(N/N=C\c1cn(Cc2ccccc2)c2ccccc12)c1ccc(-c2ccc(Cl)cc2)o1. The van der Waals surface area contributed by atoms with E-state index in [-0.39, 0.29) is 5.76 Å². The van der Waals surface area contributed by atoms with E-state index in [9.17, 15) is 4.79 Å². The van der Waals surface area contributed by atoms with Crippen LogP contribution in [0.5, 0.6) is 0 Å². The minimum atomic E-state index is -0.417. The molecule has 0 bridgehead atoms. The monoisotopic (exact) mass is 453 g/mol. The number of nitrogens with one attached hydrogen (secondary N) is 1. The van der Waals surface area contributed by atoms with Gasteiger partial charge in [-0.25, -0.2) is 5.43 Å². The highest BCUT2D eigenvalue weighted by atomic mass is 35.5. The van der Waals surface area contributed by atoms with Crippen LogP contribution in [0, 0.1) is 0 Å². The first-order valence-corrected chi connectivity index (χ1v) is 10.9. The maximum Gasteiger partial charge on any atom is 0.307 e. The molecule has 1 N–H and O–H groups in total. The Hall–Kier alpha value is -4.09. The van der Waals surface area contributed by atoms with Crippen LogP contribution in [-0.2, 0) is 6.54 Å². The Morgan fingerprint density at radius 3 is 2.52 bits per heavy atom. The number of rotatable bonds is 6. The second-order valence-corrected chi connectivity index (χ2v) is 8.02. The number of aromatic nitrogens is 1. The van der Waals surface area contributed by atoms with Gasteiger partial charge in [-0.1, -0.05) is 60.1 Å². The zero-order valence-corrected chi connectivity index (χ0v) is 18.4. The van der Waals surface area contributed by atoms with E-state index in [1.54, 1.807) is 30.5 Å². The molecule has 0 saturated carbocycles. The molecule has 0 spiro atoms. The average Bonchev–Trinajstić information content (AvgIpc) is 3.47. The Morgan fingerprint density at radius 2 is 1.70 bits per heavy atom. The van der Waals surface area contributed by atoms with E-state index in [1.807, 2.05) is 54.7 Å². The van der Waals surface area contributed by atoms with Crippen LogP contribution in [0.4, 0.5) is 0 Å². The first kappa shape index (κ1) is 20.8. The van der Waals surface area contributed by atoms with Crippen LogP contribution >= 0.6 is 11.6 Å². The molecule has 0 atom stereocenters. The minimum absolute atomic E-state index is 0.184. The highest BCUT2D eigenvalue weighted by Gasteiger charge is 2.12. The van der Waals surface area contributed by atoms with Crippen LogP contribution < -0.4 is 5.43 Å². The molecule has 2 aromatic heterocycles. The molecule has 1 amide bonds. The van der Waals surface area contributed by atoms with Crippen molar-refractivity contribution in [2.45, 2.75) is 6.54 Å². The van der Waals surface area contributed by atoms with E-state index < -0.39 is 5.91 Å². The molecule has 2 heterocycles. The van der Waals surface area contributed by atoms with Gasteiger partial charge in [0, 0.05) is 39.8 Å². The molecule has 5 rings (SSSR count). The van der Waals surface area contributed by atoms with E-state index in [4.69, 9.17) is 16.0 Å². The number of carbonyl (C=O) groups excluding carboxylic acids is 1. The Balaban J connectivity index is 1.32. The van der Waals surface area contributed by atoms with Crippen LogP contribution in [0.25, 0.3) is 22.2 Å². The summed E-state index contributed by atoms with van der Waals surface area (Å²) in [6, 6.07) is 29.0. The lowest BCUT2D eigenvalue weighted by molar-refractivity contribution is 0.0928. The zero-order valence-electron chi connectivity index (χ0n) is 17.6. The van der Waals surface area contributed by atoms with E-state index in [0.717, 1.165) is 28.6 Å². The second-order valence-electron chi connectivity index (χ2n) is 7.59. The van der Waals surface area contributed by atoms with Gasteiger partial charge in [-0.2, -0.15) is 5.10 Å². The first-order valence-electron chi connectivity index (χ1n) is 10.5. The summed E-state index contributed by atoms with van der Waals surface area (Å²) < 4.78 is 7.86. The summed E-state index contributed by atoms with van der Waals surface area (Å²) in [6.45, 7) is 0.751. The van der Waals surface area contributed by atoms with Gasteiger partial charge in [-0.15, -0.1) is 0 Å². The number of furan rings is 1. The van der Waals surface area contributed by atoms with Crippen LogP contribution in [0.3, 0.4) is 0 Å². The number of hydrogen-bond acceptors (Lipinski definition) is 3. The Morgan fingerprint density at radius 1 is 0.939 bits per heavy atom. The number of amides is 1. The Kier molecular flexibility index (Phi) is 5.79. The summed E-state index contributed by atoms with van der Waals surface area (Å²) >= 11 is 5.93. The van der Waals surface area contributed by atoms with Crippen LogP contribution in [-0.4, -0.2) is 16.7 Å². The van der Waals surface area contributed by atoms with Gasteiger partial charge in [0.05, 0.1) is 6.21 Å². The third kappa shape index (κ3) is 4.59. The third-order valence-electron chi connectivity index (χ3n) is 5.34. The molecule has 0 fully saturated rings. The average molecular weight is 454 g/mol. The van der Waals surface area contributed by atoms with Gasteiger partial charge < -0.3 is 8.98 Å². The predicted octanol–water partition coefficient (Wildman–Crippen LogP) is 6.37. The van der Waals surface area contributed by atoms with Crippen LogP contribution in [0.2, 0.25) is 5.02 Å². The van der Waals surface area contributed by atoms with Crippen LogP contribution in [0.1, 0.15) is 21.7 Å². The van der Waals surface area contributed by atoms with Crippen molar-refractivity contribution >= 4 is 34.6 Å². The smallest absolute Gasteiger partial charge is 0.307 e. The molecule has 3 aromatic carbocycles. The third-order valence-corrected chi connectivity index (χ3v) is 5.60. The quantitative estimate of drug-likeness (QED) is 0.240. The van der Waals surface area contributed by atoms with Gasteiger partial charge in [-0.05, 0) is 48.0 Å². The maximum absolute atomic E-state index is 12.5. The van der Waals surface area contributed by atoms with Gasteiger partial charge in [0.2, 0.25) is 0 Å². The van der Waals surface area contributed by atoms with Crippen molar-refractivity contribution in [3.8, 4) is 11.3 Å². The molecule has 0 aliphatic carbocycles. The fraction of sp³-hybridized carbons (Fsp3) is 0.0370. The molecule has 6 heteroatoms. The van der Waals surface area contributed by atoms with E-state index in [2.05, 4.69) is 33.3 Å². The van der Waals surface area contributed by atoms with Gasteiger partial charge >= 0.3 is 5.91 Å². The van der Waals surface area contributed by atoms with Gasteiger partial charge in [0.25, 0.3) is 0 Å². The molecule has 162 valence electrons. The Labute approximate surface area is 195 Å². The maximum atomic E-state index is 12.5. The summed E-state index contributed by atoms with van der Waals surface area (Å²) in [7, 11) is 0. The summed E-state index contributed by atoms with van der Waals surface area (Å²) in [4.78, 5) is 12.5. The van der Waals surface area contributed by atoms with E-state index in [1.165, 1.54) is 5.56 Å². The van der Waals surface area contributed by atoms with Crippen molar-refractivity contribution in [1.82, 2.24) is 9.99 Å². The highest BCUT2D eigenvalue weighted by Crippen LogP contribution is 2.24. The largest absolute Gasteiger partial charge is 0.451 e. The molecule has 0 saturated heterocycles. The van der Waals surface area contributed by atoms with Crippen molar-refractivity contribution < 1.29 is 9.21 Å². The molecule has 0 aliphatic heterocycles.